The lowest BCUT2D eigenvalue weighted by atomic mass is 10.0. The van der Waals surface area contributed by atoms with Crippen molar-refractivity contribution < 1.29 is 4.79 Å². The van der Waals surface area contributed by atoms with Gasteiger partial charge in [0.1, 0.15) is 0 Å². The number of rotatable bonds is 9. The second-order valence-corrected chi connectivity index (χ2v) is 8.03. The highest BCUT2D eigenvalue weighted by molar-refractivity contribution is 14.0. The molecule has 2 N–H and O–H groups in total. The second kappa shape index (κ2) is 13.0. The molecule has 6 heteroatoms. The standard InChI is InChI=1S/C22H36N4O.HI/c1-17(2)7-5-8-18(3)25-22(23-4)24-15-19-10-12-20(13-11-19)16-26-14-6-9-21(26)27;/h10-13,17-18H,5-9,14-16H2,1-4H3,(H2,23,24,25);1H. The van der Waals surface area contributed by atoms with Gasteiger partial charge in [0.2, 0.25) is 5.91 Å². The number of halogens is 1. The van der Waals surface area contributed by atoms with Crippen LogP contribution in [-0.4, -0.2) is 36.4 Å². The van der Waals surface area contributed by atoms with Crippen molar-refractivity contribution >= 4 is 35.8 Å². The van der Waals surface area contributed by atoms with E-state index in [9.17, 15) is 4.79 Å². The maximum absolute atomic E-state index is 11.7. The molecular formula is C22H37IN4O. The summed E-state index contributed by atoms with van der Waals surface area (Å²) in [5, 5.41) is 6.86. The first-order chi connectivity index (χ1) is 13.0. The molecule has 1 aliphatic heterocycles. The van der Waals surface area contributed by atoms with Gasteiger partial charge >= 0.3 is 0 Å². The van der Waals surface area contributed by atoms with E-state index in [2.05, 4.69) is 60.7 Å². The third-order valence-electron chi connectivity index (χ3n) is 5.05. The number of likely N-dealkylation sites (tertiary alicyclic amines) is 1. The van der Waals surface area contributed by atoms with Crippen molar-refractivity contribution in [1.82, 2.24) is 15.5 Å². The van der Waals surface area contributed by atoms with Gasteiger partial charge in [-0.15, -0.1) is 24.0 Å². The van der Waals surface area contributed by atoms with Gasteiger partial charge in [0.25, 0.3) is 0 Å². The van der Waals surface area contributed by atoms with Gasteiger partial charge in [-0.3, -0.25) is 9.79 Å². The molecule has 1 heterocycles. The van der Waals surface area contributed by atoms with Crippen LogP contribution in [0.1, 0.15) is 64.0 Å². The molecule has 0 radical (unpaired) electrons. The van der Waals surface area contributed by atoms with Crippen molar-refractivity contribution in [3.8, 4) is 0 Å². The highest BCUT2D eigenvalue weighted by Gasteiger charge is 2.19. The number of amides is 1. The summed E-state index contributed by atoms with van der Waals surface area (Å²) in [4.78, 5) is 18.0. The molecule has 0 aromatic heterocycles. The summed E-state index contributed by atoms with van der Waals surface area (Å²) < 4.78 is 0. The SMILES string of the molecule is CN=C(NCc1ccc(CN2CCCC2=O)cc1)NC(C)CCCC(C)C.I. The van der Waals surface area contributed by atoms with Crippen LogP contribution in [0.4, 0.5) is 0 Å². The molecule has 2 rings (SSSR count). The predicted molar refractivity (Wildman–Crippen MR) is 128 cm³/mol. The van der Waals surface area contributed by atoms with Gasteiger partial charge in [-0.2, -0.15) is 0 Å². The first kappa shape index (κ1) is 24.7. The molecule has 158 valence electrons. The smallest absolute Gasteiger partial charge is 0.222 e. The highest BCUT2D eigenvalue weighted by Crippen LogP contribution is 2.14. The lowest BCUT2D eigenvalue weighted by molar-refractivity contribution is -0.128. The Bertz CT molecular complexity index is 615. The number of hydrogen-bond acceptors (Lipinski definition) is 2. The first-order valence-electron chi connectivity index (χ1n) is 10.3. The Hall–Kier alpha value is -1.31. The number of nitrogens with one attached hydrogen (secondary N) is 2. The fraction of sp³-hybridized carbons (Fsp3) is 0.636. The minimum absolute atomic E-state index is 0. The van der Waals surface area contributed by atoms with Crippen molar-refractivity contribution in [3.63, 3.8) is 0 Å². The highest BCUT2D eigenvalue weighted by atomic mass is 127. The molecule has 0 bridgehead atoms. The van der Waals surface area contributed by atoms with Gasteiger partial charge < -0.3 is 15.5 Å². The molecule has 1 aromatic carbocycles. The summed E-state index contributed by atoms with van der Waals surface area (Å²) in [6.07, 6.45) is 5.35. The average Bonchev–Trinajstić information content (AvgIpc) is 3.04. The van der Waals surface area contributed by atoms with Crippen molar-refractivity contribution in [1.29, 1.82) is 0 Å². The largest absolute Gasteiger partial charge is 0.354 e. The molecular weight excluding hydrogens is 463 g/mol. The molecule has 1 unspecified atom stereocenters. The summed E-state index contributed by atoms with van der Waals surface area (Å²) >= 11 is 0. The van der Waals surface area contributed by atoms with E-state index in [1.807, 2.05) is 11.9 Å². The Kier molecular flexibility index (Phi) is 11.5. The maximum Gasteiger partial charge on any atom is 0.222 e. The van der Waals surface area contributed by atoms with Crippen molar-refractivity contribution in [3.05, 3.63) is 35.4 Å². The van der Waals surface area contributed by atoms with Gasteiger partial charge in [-0.25, -0.2) is 0 Å². The van der Waals surface area contributed by atoms with E-state index in [4.69, 9.17) is 0 Å². The van der Waals surface area contributed by atoms with Crippen molar-refractivity contribution in [2.45, 2.75) is 72.0 Å². The third-order valence-corrected chi connectivity index (χ3v) is 5.05. The minimum Gasteiger partial charge on any atom is -0.354 e. The molecule has 0 aliphatic carbocycles. The Morgan fingerprint density at radius 1 is 1.14 bits per heavy atom. The lowest BCUT2D eigenvalue weighted by Gasteiger charge is -2.19. The molecule has 1 aromatic rings. The molecule has 1 aliphatic rings. The van der Waals surface area contributed by atoms with Gasteiger partial charge in [-0.05, 0) is 36.8 Å². The normalized spacial score (nSPS) is 15.5. The molecule has 1 amide bonds. The van der Waals surface area contributed by atoms with E-state index in [-0.39, 0.29) is 29.9 Å². The van der Waals surface area contributed by atoms with E-state index in [1.165, 1.54) is 24.0 Å². The molecule has 0 saturated carbocycles. The Balaban J connectivity index is 0.00000392. The number of benzene rings is 1. The summed E-state index contributed by atoms with van der Waals surface area (Å²) in [5.41, 5.74) is 2.40. The average molecular weight is 500 g/mol. The predicted octanol–water partition coefficient (Wildman–Crippen LogP) is 4.31. The van der Waals surface area contributed by atoms with Gasteiger partial charge in [0.05, 0.1) is 0 Å². The summed E-state index contributed by atoms with van der Waals surface area (Å²) in [5.74, 6) is 1.89. The molecule has 5 nitrogen and oxygen atoms in total. The van der Waals surface area contributed by atoms with Crippen LogP contribution in [0.25, 0.3) is 0 Å². The molecule has 28 heavy (non-hydrogen) atoms. The van der Waals surface area contributed by atoms with Crippen LogP contribution in [0, 0.1) is 5.92 Å². The molecule has 0 spiro atoms. The van der Waals surface area contributed by atoms with Crippen LogP contribution in [0.3, 0.4) is 0 Å². The number of aliphatic imine (C=N–C) groups is 1. The van der Waals surface area contributed by atoms with Crippen LogP contribution in [0.2, 0.25) is 0 Å². The van der Waals surface area contributed by atoms with E-state index in [0.717, 1.165) is 44.4 Å². The topological polar surface area (TPSA) is 56.7 Å². The zero-order valence-corrected chi connectivity index (χ0v) is 20.2. The fourth-order valence-electron chi connectivity index (χ4n) is 3.37. The van der Waals surface area contributed by atoms with Gasteiger partial charge in [0, 0.05) is 39.1 Å². The minimum atomic E-state index is 0. The van der Waals surface area contributed by atoms with Crippen LogP contribution in [-0.2, 0) is 17.9 Å². The summed E-state index contributed by atoms with van der Waals surface area (Å²) in [6.45, 7) is 9.10. The first-order valence-corrected chi connectivity index (χ1v) is 10.3. The Morgan fingerprint density at radius 2 is 1.82 bits per heavy atom. The van der Waals surface area contributed by atoms with Gasteiger partial charge in [0.15, 0.2) is 5.96 Å². The van der Waals surface area contributed by atoms with E-state index < -0.39 is 0 Å². The summed E-state index contributed by atoms with van der Waals surface area (Å²) in [7, 11) is 1.81. The number of nitrogens with zero attached hydrogens (tertiary/aromatic N) is 2. The van der Waals surface area contributed by atoms with Crippen molar-refractivity contribution in [2.24, 2.45) is 10.9 Å². The molecule has 1 fully saturated rings. The van der Waals surface area contributed by atoms with Crippen LogP contribution in [0.5, 0.6) is 0 Å². The zero-order valence-electron chi connectivity index (χ0n) is 17.8. The van der Waals surface area contributed by atoms with Crippen molar-refractivity contribution in [2.75, 3.05) is 13.6 Å². The number of carbonyl (C=O) groups is 1. The quantitative estimate of drug-likeness (QED) is 0.302. The number of carbonyl (C=O) groups excluding carboxylic acids is 1. The maximum atomic E-state index is 11.7. The zero-order chi connectivity index (χ0) is 19.6. The number of hydrogen-bond donors (Lipinski definition) is 2. The van der Waals surface area contributed by atoms with E-state index >= 15 is 0 Å². The monoisotopic (exact) mass is 500 g/mol. The van der Waals surface area contributed by atoms with E-state index in [0.29, 0.717) is 12.5 Å². The lowest BCUT2D eigenvalue weighted by Crippen LogP contribution is -2.41. The van der Waals surface area contributed by atoms with Gasteiger partial charge in [-0.1, -0.05) is 51.0 Å². The second-order valence-electron chi connectivity index (χ2n) is 8.03. The van der Waals surface area contributed by atoms with Crippen LogP contribution in [0.15, 0.2) is 29.3 Å². The Labute approximate surface area is 187 Å². The Morgan fingerprint density at radius 3 is 2.39 bits per heavy atom. The summed E-state index contributed by atoms with van der Waals surface area (Å²) in [6, 6.07) is 8.90. The molecule has 1 saturated heterocycles. The van der Waals surface area contributed by atoms with Crippen LogP contribution < -0.4 is 10.6 Å². The fourth-order valence-corrected chi connectivity index (χ4v) is 3.37. The third kappa shape index (κ3) is 8.80. The number of guanidine groups is 1. The van der Waals surface area contributed by atoms with E-state index in [1.54, 1.807) is 0 Å². The molecule has 1 atom stereocenters. The van der Waals surface area contributed by atoms with Crippen LogP contribution >= 0.6 is 24.0 Å².